The highest BCUT2D eigenvalue weighted by Crippen LogP contribution is 2.44. The Balaban J connectivity index is 1.46. The molecule has 1 aliphatic rings. The van der Waals surface area contributed by atoms with Gasteiger partial charge in [0.15, 0.2) is 0 Å². The lowest BCUT2D eigenvalue weighted by atomic mass is 9.91. The molecule has 5 rings (SSSR count). The molecule has 0 fully saturated rings. The van der Waals surface area contributed by atoms with Gasteiger partial charge in [0.05, 0.1) is 0 Å². The maximum atomic E-state index is 15.2. The van der Waals surface area contributed by atoms with Crippen LogP contribution in [0.3, 0.4) is 0 Å². The molecule has 88 heavy (non-hydrogen) atoms. The van der Waals surface area contributed by atoms with Crippen molar-refractivity contribution in [3.63, 3.8) is 0 Å². The number of carbonyl (C=O) groups is 9. The molecule has 5 N–H and O–H groups in total. The van der Waals surface area contributed by atoms with Gasteiger partial charge in [-0.05, 0) is 104 Å². The Hall–Kier alpha value is -8.09. The third kappa shape index (κ3) is 20.5. The number of benzene rings is 4. The summed E-state index contributed by atoms with van der Waals surface area (Å²) in [7, 11) is 2.91. The number of rotatable bonds is 32. The third-order valence-corrected chi connectivity index (χ3v) is 16.1. The molecule has 478 valence electrons. The predicted molar refractivity (Wildman–Crippen MR) is 336 cm³/mol. The van der Waals surface area contributed by atoms with Gasteiger partial charge in [-0.2, -0.15) is 0 Å². The van der Waals surface area contributed by atoms with Crippen molar-refractivity contribution in [3.05, 3.63) is 125 Å². The summed E-state index contributed by atoms with van der Waals surface area (Å²) in [5.74, 6) is -7.81. The minimum Gasteiger partial charge on any atom is -0.488 e. The van der Waals surface area contributed by atoms with Gasteiger partial charge in [-0.15, -0.1) is 0 Å². The highest BCUT2D eigenvalue weighted by molar-refractivity contribution is 5.95. The van der Waals surface area contributed by atoms with E-state index in [1.165, 1.54) is 25.9 Å². The minimum atomic E-state index is -1.69. The van der Waals surface area contributed by atoms with Crippen LogP contribution in [0.2, 0.25) is 0 Å². The standard InChI is InChI=1S/C69H94N6O13/c1-15-43(7)59(74-68(84)86-40-54-52-28-22-20-26-50(52)51-27-21-23-29-53(51)54)65(81)75(14)56(37-46-30-33-49(34-31-46)88-69(10,11)12)63(79)72-60(44(8)16-2)67(83)87-45(9)61(73-62(78)48(32-35-58(77)70-13)38-57(76)42(5)6)64(80)71-55(36-41(3)4)66(82)85-39-47-24-18-17-19-25-47/h17-31,33-34,41-45,48,54-56,59-61H,15-16,32,35-40H2,1-14H3,(H,70,77)(H,71,80)(H,72,79)(H,73,78)(H,74,84)/t43-,44-,45+,48+,55-,56-,59-,60-,61-/m0/s1. The lowest BCUT2D eigenvalue weighted by Crippen LogP contribution is -2.60. The van der Waals surface area contributed by atoms with Gasteiger partial charge in [-0.3, -0.25) is 28.8 Å². The second kappa shape index (κ2) is 33.3. The molecule has 4 aromatic carbocycles. The van der Waals surface area contributed by atoms with Crippen molar-refractivity contribution < 1.29 is 62.1 Å². The van der Waals surface area contributed by atoms with Crippen molar-refractivity contribution in [2.75, 3.05) is 20.7 Å². The number of hydrogen-bond donors (Lipinski definition) is 5. The second-order valence-corrected chi connectivity index (χ2v) is 24.9. The monoisotopic (exact) mass is 1210 g/mol. The molecule has 0 heterocycles. The van der Waals surface area contributed by atoms with Crippen LogP contribution in [-0.2, 0) is 65.6 Å². The zero-order valence-corrected chi connectivity index (χ0v) is 53.9. The Bertz CT molecular complexity index is 2970. The topological polar surface area (TPSA) is 254 Å². The summed E-state index contributed by atoms with van der Waals surface area (Å²) < 4.78 is 23.8. The highest BCUT2D eigenvalue weighted by Gasteiger charge is 2.41. The van der Waals surface area contributed by atoms with Crippen molar-refractivity contribution in [2.45, 2.75) is 182 Å². The zero-order chi connectivity index (χ0) is 65.0. The van der Waals surface area contributed by atoms with E-state index in [2.05, 4.69) is 26.6 Å². The number of ketones is 1. The van der Waals surface area contributed by atoms with Gasteiger partial charge in [0.25, 0.3) is 0 Å². The van der Waals surface area contributed by atoms with E-state index in [4.69, 9.17) is 18.9 Å². The number of Topliss-reactive ketones (excluding diaryl/α,β-unsaturated/α-hetero) is 1. The Morgan fingerprint density at radius 3 is 1.74 bits per heavy atom. The molecule has 1 aliphatic carbocycles. The van der Waals surface area contributed by atoms with Crippen LogP contribution in [0, 0.1) is 29.6 Å². The number of nitrogens with one attached hydrogen (secondary N) is 5. The van der Waals surface area contributed by atoms with Crippen LogP contribution in [0.25, 0.3) is 11.1 Å². The zero-order valence-electron chi connectivity index (χ0n) is 53.9. The van der Waals surface area contributed by atoms with Gasteiger partial charge in [0.2, 0.25) is 29.5 Å². The normalized spacial score (nSPS) is 15.0. The molecular formula is C69H94N6O13. The first-order valence-corrected chi connectivity index (χ1v) is 30.9. The summed E-state index contributed by atoms with van der Waals surface area (Å²) in [6.45, 7) is 21.3. The fourth-order valence-electron chi connectivity index (χ4n) is 10.4. The van der Waals surface area contributed by atoms with Crippen LogP contribution < -0.4 is 31.3 Å². The molecule has 0 aliphatic heterocycles. The van der Waals surface area contributed by atoms with Gasteiger partial charge in [0, 0.05) is 51.1 Å². The number of fused-ring (bicyclic) bond motifs is 3. The number of alkyl carbamates (subject to hydrolysis) is 1. The maximum Gasteiger partial charge on any atom is 0.407 e. The molecule has 4 aromatic rings. The molecule has 0 aromatic heterocycles. The molecule has 0 saturated carbocycles. The van der Waals surface area contributed by atoms with Crippen LogP contribution in [0.4, 0.5) is 4.79 Å². The molecule has 19 heteroatoms. The number of carbonyl (C=O) groups excluding carboxylic acids is 9. The summed E-state index contributed by atoms with van der Waals surface area (Å²) in [6.07, 6.45) is -1.88. The van der Waals surface area contributed by atoms with E-state index in [0.29, 0.717) is 29.7 Å². The van der Waals surface area contributed by atoms with E-state index in [1.807, 2.05) is 103 Å². The van der Waals surface area contributed by atoms with Gasteiger partial charge >= 0.3 is 18.0 Å². The van der Waals surface area contributed by atoms with Crippen LogP contribution in [0.5, 0.6) is 5.75 Å². The van der Waals surface area contributed by atoms with Crippen LogP contribution in [-0.4, -0.2) is 121 Å². The summed E-state index contributed by atoms with van der Waals surface area (Å²) >= 11 is 0. The summed E-state index contributed by atoms with van der Waals surface area (Å²) in [5.41, 5.74) is 4.98. The Labute approximate surface area is 519 Å². The average molecular weight is 1220 g/mol. The SMILES string of the molecule is CC[C@H](C)[C@H](NC(=O)[C@H](Cc1ccc(OC(C)(C)C)cc1)N(C)C(=O)[C@@H](NC(=O)OCC1c2ccccc2-c2ccccc21)[C@@H](C)CC)C(=O)O[C@H](C)[C@H](NC(=O)[C@H](CCC(=O)NC)CC(=O)C(C)C)C(=O)N[C@@H](CC(C)C)C(=O)OCc1ccccc1. The maximum absolute atomic E-state index is 15.2. The first-order chi connectivity index (χ1) is 41.7. The van der Waals surface area contributed by atoms with Crippen molar-refractivity contribution in [3.8, 4) is 16.9 Å². The van der Waals surface area contributed by atoms with E-state index in [1.54, 1.807) is 76.2 Å². The van der Waals surface area contributed by atoms with Crippen LogP contribution >= 0.6 is 0 Å². The minimum absolute atomic E-state index is 0.00199. The van der Waals surface area contributed by atoms with Gasteiger partial charge in [-0.25, -0.2) is 14.4 Å². The Kier molecular flexibility index (Phi) is 26.8. The van der Waals surface area contributed by atoms with Crippen molar-refractivity contribution in [1.82, 2.24) is 31.5 Å². The smallest absolute Gasteiger partial charge is 0.407 e. The second-order valence-electron chi connectivity index (χ2n) is 24.9. The van der Waals surface area contributed by atoms with E-state index in [0.717, 1.165) is 22.3 Å². The molecule has 0 saturated heterocycles. The molecule has 0 radical (unpaired) electrons. The van der Waals surface area contributed by atoms with Gasteiger partial charge in [-0.1, -0.05) is 159 Å². The molecule has 6 amide bonds. The van der Waals surface area contributed by atoms with Crippen LogP contribution in [0.1, 0.15) is 150 Å². The molecular weight excluding hydrogens is 1120 g/mol. The lowest BCUT2D eigenvalue weighted by molar-refractivity contribution is -0.159. The first kappa shape index (κ1) is 70.7. The third-order valence-electron chi connectivity index (χ3n) is 16.1. The molecule has 19 nitrogen and oxygen atoms in total. The summed E-state index contributed by atoms with van der Waals surface area (Å²) in [4.78, 5) is 129. The number of nitrogens with zero attached hydrogens (tertiary/aromatic N) is 1. The molecule has 0 unspecified atom stereocenters. The quantitative estimate of drug-likeness (QED) is 0.0226. The Morgan fingerprint density at radius 2 is 1.18 bits per heavy atom. The van der Waals surface area contributed by atoms with E-state index in [9.17, 15) is 33.6 Å². The van der Waals surface area contributed by atoms with E-state index >= 15 is 9.59 Å². The Morgan fingerprint density at radius 1 is 0.614 bits per heavy atom. The van der Waals surface area contributed by atoms with Crippen molar-refractivity contribution in [2.24, 2.45) is 29.6 Å². The van der Waals surface area contributed by atoms with Crippen molar-refractivity contribution in [1.29, 1.82) is 0 Å². The van der Waals surface area contributed by atoms with Gasteiger partial charge < -0.3 is 50.4 Å². The lowest BCUT2D eigenvalue weighted by Gasteiger charge is -2.34. The van der Waals surface area contributed by atoms with E-state index in [-0.39, 0.29) is 68.8 Å². The summed E-state index contributed by atoms with van der Waals surface area (Å²) in [5, 5.41) is 13.7. The van der Waals surface area contributed by atoms with E-state index < -0.39 is 107 Å². The largest absolute Gasteiger partial charge is 0.488 e. The average Bonchev–Trinajstić information content (AvgIpc) is 2.23. The number of esters is 2. The first-order valence-electron chi connectivity index (χ1n) is 30.9. The molecule has 0 bridgehead atoms. The van der Waals surface area contributed by atoms with Gasteiger partial charge in [0.1, 0.15) is 66.7 Å². The molecule has 9 atom stereocenters. The van der Waals surface area contributed by atoms with Crippen molar-refractivity contribution >= 4 is 53.4 Å². The number of hydrogen-bond acceptors (Lipinski definition) is 13. The number of ether oxygens (including phenoxy) is 4. The number of amides is 6. The fraction of sp³-hybridized carbons (Fsp3) is 0.522. The highest BCUT2D eigenvalue weighted by atomic mass is 16.6. The van der Waals surface area contributed by atoms with Crippen LogP contribution in [0.15, 0.2) is 103 Å². The molecule has 0 spiro atoms. The predicted octanol–water partition coefficient (Wildman–Crippen LogP) is 9.17. The summed E-state index contributed by atoms with van der Waals surface area (Å²) in [6, 6.07) is 25.2. The fourth-order valence-corrected chi connectivity index (χ4v) is 10.4. The number of likely N-dealkylation sites (N-methyl/N-ethyl adjacent to an activating group) is 1.